The molecule has 0 saturated carbocycles. The number of aromatic nitrogens is 3. The summed E-state index contributed by atoms with van der Waals surface area (Å²) in [6, 6.07) is 5.81. The van der Waals surface area contributed by atoms with Gasteiger partial charge in [0.05, 0.1) is 5.69 Å². The summed E-state index contributed by atoms with van der Waals surface area (Å²) in [7, 11) is 0. The van der Waals surface area contributed by atoms with E-state index in [1.807, 2.05) is 30.6 Å². The van der Waals surface area contributed by atoms with Gasteiger partial charge in [-0.2, -0.15) is 0 Å². The summed E-state index contributed by atoms with van der Waals surface area (Å²) >= 11 is 0. The quantitative estimate of drug-likeness (QED) is 0.868. The molecule has 5 heteroatoms. The van der Waals surface area contributed by atoms with Crippen molar-refractivity contribution >= 4 is 5.95 Å². The molecule has 0 aromatic carbocycles. The molecule has 2 aromatic rings. The highest BCUT2D eigenvalue weighted by atomic mass is 15.1. The Balaban J connectivity index is 1.62. The Bertz CT molecular complexity index is 505. The molecule has 3 heterocycles. The number of anilines is 1. The summed E-state index contributed by atoms with van der Waals surface area (Å²) in [6.07, 6.45) is 6.61. The van der Waals surface area contributed by atoms with Gasteiger partial charge in [-0.1, -0.05) is 6.07 Å². The number of pyridine rings is 1. The molecule has 0 radical (unpaired) electrons. The third-order valence-corrected chi connectivity index (χ3v) is 3.32. The first kappa shape index (κ1) is 12.0. The van der Waals surface area contributed by atoms with Crippen LogP contribution in [-0.2, 0) is 0 Å². The maximum Gasteiger partial charge on any atom is 0.222 e. The molecule has 5 nitrogen and oxygen atoms in total. The zero-order chi connectivity index (χ0) is 12.9. The van der Waals surface area contributed by atoms with Crippen molar-refractivity contribution in [1.82, 2.24) is 20.3 Å². The van der Waals surface area contributed by atoms with Crippen molar-refractivity contribution < 1.29 is 0 Å². The Morgan fingerprint density at radius 1 is 1.21 bits per heavy atom. The van der Waals surface area contributed by atoms with Crippen molar-refractivity contribution in [3.8, 4) is 11.3 Å². The van der Waals surface area contributed by atoms with Crippen LogP contribution < -0.4 is 10.6 Å². The second-order valence-corrected chi connectivity index (χ2v) is 4.75. The fourth-order valence-corrected chi connectivity index (χ4v) is 2.21. The molecule has 2 N–H and O–H groups in total. The van der Waals surface area contributed by atoms with Gasteiger partial charge in [0.1, 0.15) is 0 Å². The monoisotopic (exact) mass is 255 g/mol. The predicted octanol–water partition coefficient (Wildman–Crippen LogP) is 1.56. The first-order valence-electron chi connectivity index (χ1n) is 6.60. The molecule has 19 heavy (non-hydrogen) atoms. The second-order valence-electron chi connectivity index (χ2n) is 4.75. The van der Waals surface area contributed by atoms with E-state index in [0.29, 0.717) is 11.9 Å². The number of hydrogen-bond donors (Lipinski definition) is 2. The molecule has 1 aliphatic heterocycles. The molecule has 1 saturated heterocycles. The lowest BCUT2D eigenvalue weighted by Gasteiger charge is -2.09. The topological polar surface area (TPSA) is 62.7 Å². The van der Waals surface area contributed by atoms with Gasteiger partial charge in [-0.15, -0.1) is 0 Å². The lowest BCUT2D eigenvalue weighted by molar-refractivity contribution is 0.613. The van der Waals surface area contributed by atoms with Gasteiger partial charge in [-0.3, -0.25) is 4.98 Å². The molecule has 98 valence electrons. The summed E-state index contributed by atoms with van der Waals surface area (Å²) < 4.78 is 0. The van der Waals surface area contributed by atoms with Gasteiger partial charge < -0.3 is 10.6 Å². The highest BCUT2D eigenvalue weighted by molar-refractivity contribution is 5.56. The third-order valence-electron chi connectivity index (χ3n) is 3.32. The van der Waals surface area contributed by atoms with E-state index < -0.39 is 0 Å². The zero-order valence-corrected chi connectivity index (χ0v) is 10.7. The van der Waals surface area contributed by atoms with Gasteiger partial charge in [0.2, 0.25) is 5.95 Å². The number of rotatable bonds is 4. The van der Waals surface area contributed by atoms with E-state index in [1.165, 1.54) is 6.42 Å². The van der Waals surface area contributed by atoms with Gasteiger partial charge in [-0.25, -0.2) is 9.97 Å². The fraction of sp³-hybridized carbons (Fsp3) is 0.357. The van der Waals surface area contributed by atoms with E-state index >= 15 is 0 Å². The molecular formula is C14H17N5. The minimum absolute atomic E-state index is 0.680. The molecule has 0 amide bonds. The minimum atomic E-state index is 0.680. The first-order chi connectivity index (χ1) is 9.42. The van der Waals surface area contributed by atoms with Gasteiger partial charge in [0.25, 0.3) is 0 Å². The van der Waals surface area contributed by atoms with E-state index in [-0.39, 0.29) is 0 Å². The van der Waals surface area contributed by atoms with Crippen LogP contribution in [0.1, 0.15) is 6.42 Å². The van der Waals surface area contributed by atoms with Crippen LogP contribution in [0.5, 0.6) is 0 Å². The van der Waals surface area contributed by atoms with Crippen molar-refractivity contribution in [2.24, 2.45) is 5.92 Å². The van der Waals surface area contributed by atoms with Gasteiger partial charge in [0.15, 0.2) is 0 Å². The van der Waals surface area contributed by atoms with Crippen molar-refractivity contribution in [3.05, 3.63) is 36.8 Å². The summed E-state index contributed by atoms with van der Waals surface area (Å²) in [6.45, 7) is 3.13. The average Bonchev–Trinajstić information content (AvgIpc) is 3.00. The molecule has 1 aliphatic rings. The van der Waals surface area contributed by atoms with Crippen LogP contribution in [0.25, 0.3) is 11.3 Å². The first-order valence-corrected chi connectivity index (χ1v) is 6.60. The van der Waals surface area contributed by atoms with Gasteiger partial charge in [0, 0.05) is 30.7 Å². The fourth-order valence-electron chi connectivity index (χ4n) is 2.21. The maximum atomic E-state index is 4.33. The molecule has 1 unspecified atom stereocenters. The molecule has 3 rings (SSSR count). The van der Waals surface area contributed by atoms with E-state index in [2.05, 4.69) is 25.6 Å². The summed E-state index contributed by atoms with van der Waals surface area (Å²) in [5.41, 5.74) is 1.84. The Labute approximate surface area is 112 Å². The van der Waals surface area contributed by atoms with Gasteiger partial charge in [-0.05, 0) is 37.6 Å². The lowest BCUT2D eigenvalue weighted by Crippen LogP contribution is -2.18. The van der Waals surface area contributed by atoms with Crippen LogP contribution in [0.3, 0.4) is 0 Å². The Morgan fingerprint density at radius 2 is 2.11 bits per heavy atom. The highest BCUT2D eigenvalue weighted by Crippen LogP contribution is 2.15. The molecule has 0 spiro atoms. The Hall–Kier alpha value is -2.01. The minimum Gasteiger partial charge on any atom is -0.354 e. The second kappa shape index (κ2) is 5.75. The Kier molecular flexibility index (Phi) is 3.65. The van der Waals surface area contributed by atoms with Crippen LogP contribution in [0.4, 0.5) is 5.95 Å². The normalized spacial score (nSPS) is 18.4. The maximum absolute atomic E-state index is 4.33. The van der Waals surface area contributed by atoms with E-state index in [4.69, 9.17) is 0 Å². The Morgan fingerprint density at radius 3 is 2.79 bits per heavy atom. The van der Waals surface area contributed by atoms with E-state index in [9.17, 15) is 0 Å². The summed E-state index contributed by atoms with van der Waals surface area (Å²) in [5, 5.41) is 6.63. The molecule has 2 aromatic heterocycles. The highest BCUT2D eigenvalue weighted by Gasteiger charge is 2.14. The lowest BCUT2D eigenvalue weighted by atomic mass is 10.1. The number of nitrogens with zero attached hydrogens (tertiary/aromatic N) is 3. The van der Waals surface area contributed by atoms with Crippen LogP contribution >= 0.6 is 0 Å². The standard InChI is InChI=1S/C14H17N5/c1-2-5-16-13(3-1)12-9-18-14(19-10-12)17-8-11-4-6-15-7-11/h1-3,5,9-11,15H,4,6-8H2,(H,17,18,19). The molecule has 0 aliphatic carbocycles. The molecule has 1 atom stereocenters. The third kappa shape index (κ3) is 3.06. The van der Waals surface area contributed by atoms with Crippen molar-refractivity contribution in [2.45, 2.75) is 6.42 Å². The largest absolute Gasteiger partial charge is 0.354 e. The van der Waals surface area contributed by atoms with Crippen molar-refractivity contribution in [2.75, 3.05) is 25.0 Å². The summed E-state index contributed by atoms with van der Waals surface area (Å²) in [4.78, 5) is 12.9. The van der Waals surface area contributed by atoms with Crippen molar-refractivity contribution in [3.63, 3.8) is 0 Å². The SMILES string of the molecule is c1ccc(-c2cnc(NCC3CCNC3)nc2)nc1. The molecule has 1 fully saturated rings. The van der Waals surface area contributed by atoms with Crippen LogP contribution in [-0.4, -0.2) is 34.6 Å². The van der Waals surface area contributed by atoms with Gasteiger partial charge >= 0.3 is 0 Å². The molecular weight excluding hydrogens is 238 g/mol. The van der Waals surface area contributed by atoms with Crippen LogP contribution in [0.2, 0.25) is 0 Å². The number of hydrogen-bond acceptors (Lipinski definition) is 5. The summed E-state index contributed by atoms with van der Waals surface area (Å²) in [5.74, 6) is 1.37. The molecule has 0 bridgehead atoms. The van der Waals surface area contributed by atoms with Crippen LogP contribution in [0.15, 0.2) is 36.8 Å². The predicted molar refractivity (Wildman–Crippen MR) is 74.7 cm³/mol. The average molecular weight is 255 g/mol. The van der Waals surface area contributed by atoms with Crippen LogP contribution in [0, 0.1) is 5.92 Å². The van der Waals surface area contributed by atoms with Crippen molar-refractivity contribution in [1.29, 1.82) is 0 Å². The number of nitrogens with one attached hydrogen (secondary N) is 2. The zero-order valence-electron chi connectivity index (χ0n) is 10.7. The van der Waals surface area contributed by atoms with E-state index in [1.54, 1.807) is 6.20 Å². The smallest absolute Gasteiger partial charge is 0.222 e. The van der Waals surface area contributed by atoms with E-state index in [0.717, 1.165) is 30.9 Å².